The van der Waals surface area contributed by atoms with Crippen LogP contribution in [0.15, 0.2) is 0 Å². The van der Waals surface area contributed by atoms with E-state index in [0.717, 1.165) is 0 Å². The first-order valence-corrected chi connectivity index (χ1v) is 3.25. The number of nitrogens with zero attached hydrogens (tertiary/aromatic N) is 1. The van der Waals surface area contributed by atoms with Gasteiger partial charge in [-0.3, -0.25) is 0 Å². The van der Waals surface area contributed by atoms with Gasteiger partial charge in [0.15, 0.2) is 0 Å². The molecule has 1 fully saturated rings. The highest BCUT2D eigenvalue weighted by Crippen LogP contribution is 2.04. The van der Waals surface area contributed by atoms with Crippen LogP contribution < -0.4 is 5.32 Å². The number of carbonyl (C=O) groups excluding carboxylic acids is 2. The highest BCUT2D eigenvalue weighted by atomic mass is 16.5. The van der Waals surface area contributed by atoms with E-state index in [4.69, 9.17) is 0 Å². The van der Waals surface area contributed by atoms with Crippen molar-refractivity contribution in [2.45, 2.75) is 6.04 Å². The van der Waals surface area contributed by atoms with E-state index in [1.807, 2.05) is 0 Å². The Hall–Kier alpha value is -1.26. The van der Waals surface area contributed by atoms with Gasteiger partial charge >= 0.3 is 12.0 Å². The van der Waals surface area contributed by atoms with Gasteiger partial charge < -0.3 is 15.0 Å². The number of nitrogens with one attached hydrogen (secondary N) is 1. The van der Waals surface area contributed by atoms with Crippen LogP contribution in [0.4, 0.5) is 4.79 Å². The van der Waals surface area contributed by atoms with Crippen molar-refractivity contribution < 1.29 is 14.3 Å². The lowest BCUT2D eigenvalue weighted by atomic mass is 10.3. The van der Waals surface area contributed by atoms with E-state index in [-0.39, 0.29) is 12.0 Å². The number of esters is 1. The normalized spacial score (nSPS) is 23.3. The minimum atomic E-state index is -0.465. The minimum absolute atomic E-state index is 0.236. The molecule has 0 aliphatic carbocycles. The summed E-state index contributed by atoms with van der Waals surface area (Å²) in [6.07, 6.45) is 0. The van der Waals surface area contributed by atoms with Gasteiger partial charge in [-0.25, -0.2) is 9.59 Å². The van der Waals surface area contributed by atoms with Crippen molar-refractivity contribution in [1.29, 1.82) is 0 Å². The molecule has 0 bridgehead atoms. The van der Waals surface area contributed by atoms with Crippen LogP contribution in [0.25, 0.3) is 0 Å². The van der Waals surface area contributed by atoms with Crippen LogP contribution in [0.2, 0.25) is 0 Å². The molecule has 2 amide bonds. The lowest BCUT2D eigenvalue weighted by Gasteiger charge is -2.14. The Bertz CT molecular complexity index is 192. The summed E-state index contributed by atoms with van der Waals surface area (Å²) < 4.78 is 4.48. The third-order valence-corrected chi connectivity index (χ3v) is 1.71. The summed E-state index contributed by atoms with van der Waals surface area (Å²) in [5, 5.41) is 2.52. The van der Waals surface area contributed by atoms with Crippen molar-refractivity contribution in [3.63, 3.8) is 0 Å². The first kappa shape index (κ1) is 7.84. The SMILES string of the molecule is COC(=O)C1CNC(=O)N1C. The highest BCUT2D eigenvalue weighted by molar-refractivity contribution is 5.87. The molecule has 62 valence electrons. The molecular formula is C6H10N2O3. The predicted molar refractivity (Wildman–Crippen MR) is 37.0 cm³/mol. The summed E-state index contributed by atoms with van der Waals surface area (Å²) in [6.45, 7) is 0.335. The summed E-state index contributed by atoms with van der Waals surface area (Å²) in [5.74, 6) is -0.383. The molecule has 1 rings (SSSR count). The van der Waals surface area contributed by atoms with E-state index in [2.05, 4.69) is 10.1 Å². The van der Waals surface area contributed by atoms with Gasteiger partial charge in [0.05, 0.1) is 13.7 Å². The van der Waals surface area contributed by atoms with Crippen molar-refractivity contribution >= 4 is 12.0 Å². The summed E-state index contributed by atoms with van der Waals surface area (Å²) in [7, 11) is 2.86. The number of rotatable bonds is 1. The molecule has 1 unspecified atom stereocenters. The van der Waals surface area contributed by atoms with E-state index in [1.165, 1.54) is 12.0 Å². The first-order valence-electron chi connectivity index (χ1n) is 3.25. The van der Waals surface area contributed by atoms with E-state index in [0.29, 0.717) is 6.54 Å². The molecular weight excluding hydrogens is 148 g/mol. The molecule has 5 nitrogen and oxygen atoms in total. The molecule has 5 heteroatoms. The topological polar surface area (TPSA) is 58.6 Å². The van der Waals surface area contributed by atoms with Crippen molar-refractivity contribution in [2.24, 2.45) is 0 Å². The maximum absolute atomic E-state index is 10.9. The number of hydrogen-bond acceptors (Lipinski definition) is 3. The zero-order valence-electron chi connectivity index (χ0n) is 6.46. The Kier molecular flexibility index (Phi) is 1.98. The van der Waals surface area contributed by atoms with Gasteiger partial charge in [0, 0.05) is 7.05 Å². The first-order chi connectivity index (χ1) is 5.16. The largest absolute Gasteiger partial charge is 0.467 e. The second-order valence-corrected chi connectivity index (χ2v) is 2.34. The van der Waals surface area contributed by atoms with Crippen LogP contribution >= 0.6 is 0 Å². The van der Waals surface area contributed by atoms with Gasteiger partial charge in [-0.2, -0.15) is 0 Å². The van der Waals surface area contributed by atoms with Gasteiger partial charge in [-0.1, -0.05) is 0 Å². The van der Waals surface area contributed by atoms with Crippen molar-refractivity contribution in [3.8, 4) is 0 Å². The van der Waals surface area contributed by atoms with Crippen molar-refractivity contribution in [3.05, 3.63) is 0 Å². The molecule has 0 aromatic rings. The quantitative estimate of drug-likeness (QED) is 0.507. The molecule has 0 spiro atoms. The minimum Gasteiger partial charge on any atom is -0.467 e. The van der Waals surface area contributed by atoms with E-state index in [1.54, 1.807) is 7.05 Å². The Morgan fingerprint density at radius 1 is 1.82 bits per heavy atom. The molecule has 1 N–H and O–H groups in total. The number of amides is 2. The third-order valence-electron chi connectivity index (χ3n) is 1.71. The molecule has 1 heterocycles. The zero-order valence-corrected chi connectivity index (χ0v) is 6.46. The molecule has 0 saturated carbocycles. The fraction of sp³-hybridized carbons (Fsp3) is 0.667. The molecule has 1 aliphatic rings. The molecule has 11 heavy (non-hydrogen) atoms. The van der Waals surface area contributed by atoms with E-state index >= 15 is 0 Å². The van der Waals surface area contributed by atoms with Gasteiger partial charge in [-0.05, 0) is 0 Å². The molecule has 0 radical (unpaired) electrons. The summed E-state index contributed by atoms with van der Waals surface area (Å²) in [5.41, 5.74) is 0. The van der Waals surface area contributed by atoms with Crippen LogP contribution in [0.1, 0.15) is 0 Å². The predicted octanol–water partition coefficient (Wildman–Crippen LogP) is -0.817. The summed E-state index contributed by atoms with van der Waals surface area (Å²) in [4.78, 5) is 23.1. The maximum atomic E-state index is 10.9. The van der Waals surface area contributed by atoms with Gasteiger partial charge in [-0.15, -0.1) is 0 Å². The Balaban J connectivity index is 2.61. The smallest absolute Gasteiger partial charge is 0.330 e. The van der Waals surface area contributed by atoms with Crippen LogP contribution in [0, 0.1) is 0 Å². The second-order valence-electron chi connectivity index (χ2n) is 2.34. The zero-order chi connectivity index (χ0) is 8.43. The number of likely N-dealkylation sites (N-methyl/N-ethyl adjacent to an activating group) is 1. The number of urea groups is 1. The number of hydrogen-bond donors (Lipinski definition) is 1. The fourth-order valence-electron chi connectivity index (χ4n) is 0.965. The van der Waals surface area contributed by atoms with Crippen LogP contribution in [0.3, 0.4) is 0 Å². The molecule has 0 aromatic heterocycles. The van der Waals surface area contributed by atoms with Crippen molar-refractivity contribution in [1.82, 2.24) is 10.2 Å². The van der Waals surface area contributed by atoms with Gasteiger partial charge in [0.2, 0.25) is 0 Å². The number of carbonyl (C=O) groups is 2. The standard InChI is InChI=1S/C6H10N2O3/c1-8-4(5(9)11-2)3-7-6(8)10/h4H,3H2,1-2H3,(H,7,10). The monoisotopic (exact) mass is 158 g/mol. The summed E-state index contributed by atoms with van der Waals surface area (Å²) >= 11 is 0. The average Bonchev–Trinajstić information content (AvgIpc) is 2.32. The van der Waals surface area contributed by atoms with Gasteiger partial charge in [0.1, 0.15) is 6.04 Å². The van der Waals surface area contributed by atoms with Crippen LogP contribution in [-0.4, -0.2) is 43.6 Å². The Labute approximate surface area is 64.3 Å². The lowest BCUT2D eigenvalue weighted by Crippen LogP contribution is -2.37. The van der Waals surface area contributed by atoms with Gasteiger partial charge in [0.25, 0.3) is 0 Å². The second kappa shape index (κ2) is 2.77. The van der Waals surface area contributed by atoms with Crippen LogP contribution in [-0.2, 0) is 9.53 Å². The van der Waals surface area contributed by atoms with E-state index < -0.39 is 6.04 Å². The van der Waals surface area contributed by atoms with E-state index in [9.17, 15) is 9.59 Å². The molecule has 1 atom stereocenters. The molecule has 1 aliphatic heterocycles. The number of ether oxygens (including phenoxy) is 1. The average molecular weight is 158 g/mol. The third kappa shape index (κ3) is 1.26. The van der Waals surface area contributed by atoms with Crippen LogP contribution in [0.5, 0.6) is 0 Å². The lowest BCUT2D eigenvalue weighted by molar-refractivity contribution is -0.144. The fourth-order valence-corrected chi connectivity index (χ4v) is 0.965. The Morgan fingerprint density at radius 3 is 2.82 bits per heavy atom. The van der Waals surface area contributed by atoms with Crippen molar-refractivity contribution in [2.75, 3.05) is 20.7 Å². The number of methoxy groups -OCH3 is 1. The molecule has 0 aromatic carbocycles. The molecule has 1 saturated heterocycles. The Morgan fingerprint density at radius 2 is 2.45 bits per heavy atom. The maximum Gasteiger partial charge on any atom is 0.330 e. The highest BCUT2D eigenvalue weighted by Gasteiger charge is 2.33. The summed E-state index contributed by atoms with van der Waals surface area (Å²) in [6, 6.07) is -0.701.